The highest BCUT2D eigenvalue weighted by molar-refractivity contribution is 7.00. The summed E-state index contributed by atoms with van der Waals surface area (Å²) in [5.74, 6) is 0.212. The van der Waals surface area contributed by atoms with Gasteiger partial charge in [-0.2, -0.15) is 0 Å². The summed E-state index contributed by atoms with van der Waals surface area (Å²) in [6.07, 6.45) is 0. The Morgan fingerprint density at radius 2 is 1.27 bits per heavy atom. The SMILES string of the molecule is C[Si](C)(c1ccccc1)c1cc(-c2ccccc2)cc(-c2ccc3c4ccccc4n(-c4ccccc4O)c3n2)n1. The van der Waals surface area contributed by atoms with E-state index in [9.17, 15) is 5.11 Å². The molecule has 5 heteroatoms. The number of pyridine rings is 2. The highest BCUT2D eigenvalue weighted by atomic mass is 28.3. The van der Waals surface area contributed by atoms with Gasteiger partial charge in [0, 0.05) is 16.1 Å². The van der Waals surface area contributed by atoms with Crippen molar-refractivity contribution in [3.8, 4) is 34.0 Å². The van der Waals surface area contributed by atoms with Crippen LogP contribution in [0.2, 0.25) is 13.1 Å². The summed E-state index contributed by atoms with van der Waals surface area (Å²) < 4.78 is 2.05. The molecule has 0 saturated carbocycles. The summed E-state index contributed by atoms with van der Waals surface area (Å²) in [7, 11) is -2.11. The summed E-state index contributed by atoms with van der Waals surface area (Å²) >= 11 is 0. The van der Waals surface area contributed by atoms with Gasteiger partial charge in [-0.05, 0) is 53.6 Å². The smallest absolute Gasteiger partial charge is 0.146 e. The molecule has 3 heterocycles. The van der Waals surface area contributed by atoms with E-state index in [1.165, 1.54) is 5.19 Å². The molecule has 0 bridgehead atoms. The molecule has 3 aromatic heterocycles. The number of benzene rings is 4. The Bertz CT molecular complexity index is 2030. The van der Waals surface area contributed by atoms with Gasteiger partial charge in [0.1, 0.15) is 19.5 Å². The average Bonchev–Trinajstić information content (AvgIpc) is 3.35. The molecule has 0 atom stereocenters. The van der Waals surface area contributed by atoms with Crippen molar-refractivity contribution in [1.29, 1.82) is 0 Å². The Morgan fingerprint density at radius 1 is 0.585 bits per heavy atom. The molecule has 0 radical (unpaired) electrons. The lowest BCUT2D eigenvalue weighted by Gasteiger charge is -2.24. The molecule has 198 valence electrons. The standard InChI is InChI=1S/C36H29N3OSi/c1-41(2,27-15-7-4-8-16-27)35-24-26(25-13-5-3-6-14-25)23-31(37-35)30-22-21-29-28-17-9-10-18-32(28)39(36(29)38-30)33-19-11-12-20-34(33)40/h3-24,40H,1-2H3. The van der Waals surface area contributed by atoms with Gasteiger partial charge in [-0.3, -0.25) is 9.55 Å². The summed E-state index contributed by atoms with van der Waals surface area (Å²) in [5.41, 5.74) is 6.41. The van der Waals surface area contributed by atoms with E-state index in [1.807, 2.05) is 41.0 Å². The molecule has 0 aliphatic carbocycles. The fourth-order valence-electron chi connectivity index (χ4n) is 5.66. The summed E-state index contributed by atoms with van der Waals surface area (Å²) in [6.45, 7) is 4.71. The number of hydrogen-bond acceptors (Lipinski definition) is 3. The maximum atomic E-state index is 10.8. The first kappa shape index (κ1) is 25.0. The fourth-order valence-corrected chi connectivity index (χ4v) is 7.90. The van der Waals surface area contributed by atoms with Crippen molar-refractivity contribution in [3.05, 3.63) is 133 Å². The van der Waals surface area contributed by atoms with E-state index in [0.29, 0.717) is 5.69 Å². The van der Waals surface area contributed by atoms with Crippen molar-refractivity contribution in [2.24, 2.45) is 0 Å². The molecule has 0 aliphatic heterocycles. The Balaban J connectivity index is 1.48. The van der Waals surface area contributed by atoms with Crippen LogP contribution in [0.25, 0.3) is 50.1 Å². The van der Waals surface area contributed by atoms with E-state index in [1.54, 1.807) is 6.07 Å². The van der Waals surface area contributed by atoms with Crippen LogP contribution < -0.4 is 10.5 Å². The highest BCUT2D eigenvalue weighted by Gasteiger charge is 2.29. The Morgan fingerprint density at radius 3 is 2.05 bits per heavy atom. The van der Waals surface area contributed by atoms with Crippen LogP contribution in [0.3, 0.4) is 0 Å². The molecule has 0 spiro atoms. The predicted octanol–water partition coefficient (Wildman–Crippen LogP) is 7.44. The van der Waals surface area contributed by atoms with E-state index in [2.05, 4.69) is 104 Å². The van der Waals surface area contributed by atoms with E-state index < -0.39 is 8.07 Å². The molecule has 0 saturated heterocycles. The number of nitrogens with zero attached hydrogens (tertiary/aromatic N) is 3. The number of para-hydroxylation sites is 3. The molecule has 4 aromatic carbocycles. The third-order valence-corrected chi connectivity index (χ3v) is 11.3. The van der Waals surface area contributed by atoms with Crippen LogP contribution in [0.4, 0.5) is 0 Å². The molecule has 0 amide bonds. The van der Waals surface area contributed by atoms with Gasteiger partial charge in [-0.15, -0.1) is 0 Å². The molecule has 0 unspecified atom stereocenters. The Kier molecular flexibility index (Phi) is 6.02. The van der Waals surface area contributed by atoms with Gasteiger partial charge in [0.15, 0.2) is 0 Å². The zero-order valence-corrected chi connectivity index (χ0v) is 24.0. The molecule has 4 nitrogen and oxygen atoms in total. The molecule has 0 aliphatic rings. The lowest BCUT2D eigenvalue weighted by molar-refractivity contribution is 0.473. The van der Waals surface area contributed by atoms with Gasteiger partial charge in [-0.1, -0.05) is 109 Å². The van der Waals surface area contributed by atoms with Crippen molar-refractivity contribution in [2.75, 3.05) is 0 Å². The number of aromatic hydroxyl groups is 1. The lowest BCUT2D eigenvalue weighted by atomic mass is 10.1. The van der Waals surface area contributed by atoms with Crippen molar-refractivity contribution in [3.63, 3.8) is 0 Å². The van der Waals surface area contributed by atoms with Crippen LogP contribution >= 0.6 is 0 Å². The molecule has 1 N–H and O–H groups in total. The van der Waals surface area contributed by atoms with Gasteiger partial charge >= 0.3 is 0 Å². The molecule has 7 rings (SSSR count). The maximum absolute atomic E-state index is 10.8. The van der Waals surface area contributed by atoms with Gasteiger partial charge in [0.2, 0.25) is 0 Å². The van der Waals surface area contributed by atoms with Crippen LogP contribution in [-0.2, 0) is 0 Å². The topological polar surface area (TPSA) is 50.9 Å². The van der Waals surface area contributed by atoms with E-state index in [4.69, 9.17) is 9.97 Å². The number of rotatable bonds is 5. The molecule has 7 aromatic rings. The Labute approximate surface area is 240 Å². The van der Waals surface area contributed by atoms with Crippen molar-refractivity contribution >= 4 is 40.5 Å². The van der Waals surface area contributed by atoms with E-state index in [-0.39, 0.29) is 5.75 Å². The third-order valence-electron chi connectivity index (χ3n) is 7.98. The van der Waals surface area contributed by atoms with Crippen LogP contribution in [0.1, 0.15) is 0 Å². The molecule has 41 heavy (non-hydrogen) atoms. The van der Waals surface area contributed by atoms with Crippen LogP contribution in [-0.4, -0.2) is 27.7 Å². The molecular weight excluding hydrogens is 519 g/mol. The van der Waals surface area contributed by atoms with Crippen molar-refractivity contribution in [1.82, 2.24) is 14.5 Å². The minimum absolute atomic E-state index is 0.212. The quantitative estimate of drug-likeness (QED) is 0.228. The fraction of sp³-hybridized carbons (Fsp3) is 0.0556. The average molecular weight is 548 g/mol. The molecule has 0 fully saturated rings. The summed E-state index contributed by atoms with van der Waals surface area (Å²) in [4.78, 5) is 10.5. The predicted molar refractivity (Wildman–Crippen MR) is 172 cm³/mol. The number of aromatic nitrogens is 3. The van der Waals surface area contributed by atoms with Crippen LogP contribution in [0.5, 0.6) is 5.75 Å². The summed E-state index contributed by atoms with van der Waals surface area (Å²) in [6, 6.07) is 45.5. The van der Waals surface area contributed by atoms with Crippen molar-refractivity contribution < 1.29 is 5.11 Å². The van der Waals surface area contributed by atoms with Crippen LogP contribution in [0, 0.1) is 0 Å². The first-order valence-electron chi connectivity index (χ1n) is 13.8. The number of phenols is 1. The maximum Gasteiger partial charge on any atom is 0.146 e. The Hall–Kier alpha value is -5.00. The first-order valence-corrected chi connectivity index (χ1v) is 16.8. The lowest BCUT2D eigenvalue weighted by Crippen LogP contribution is -2.54. The van der Waals surface area contributed by atoms with Crippen LogP contribution in [0.15, 0.2) is 133 Å². The second kappa shape index (κ2) is 9.88. The second-order valence-electron chi connectivity index (χ2n) is 10.9. The number of fused-ring (bicyclic) bond motifs is 3. The normalized spacial score (nSPS) is 11.8. The van der Waals surface area contributed by atoms with E-state index >= 15 is 0 Å². The second-order valence-corrected chi connectivity index (χ2v) is 15.2. The highest BCUT2D eigenvalue weighted by Crippen LogP contribution is 2.35. The third kappa shape index (κ3) is 4.31. The largest absolute Gasteiger partial charge is 0.506 e. The van der Waals surface area contributed by atoms with Gasteiger partial charge in [0.05, 0.1) is 22.6 Å². The summed E-state index contributed by atoms with van der Waals surface area (Å²) in [5, 5.41) is 15.4. The van der Waals surface area contributed by atoms with Crippen molar-refractivity contribution in [2.45, 2.75) is 13.1 Å². The number of hydrogen-bond donors (Lipinski definition) is 1. The first-order chi connectivity index (χ1) is 20.0. The monoisotopic (exact) mass is 547 g/mol. The zero-order valence-electron chi connectivity index (χ0n) is 23.0. The minimum atomic E-state index is -2.11. The van der Waals surface area contributed by atoms with Gasteiger partial charge in [-0.25, -0.2) is 4.98 Å². The van der Waals surface area contributed by atoms with E-state index in [0.717, 1.165) is 49.8 Å². The minimum Gasteiger partial charge on any atom is -0.506 e. The number of phenolic OH excluding ortho intramolecular Hbond substituents is 1. The molecular formula is C36H29N3OSi. The van der Waals surface area contributed by atoms with Gasteiger partial charge < -0.3 is 5.11 Å². The zero-order chi connectivity index (χ0) is 28.0. The van der Waals surface area contributed by atoms with Gasteiger partial charge in [0.25, 0.3) is 0 Å².